The molecule has 0 radical (unpaired) electrons. The van der Waals surface area contributed by atoms with Crippen LogP contribution >= 0.6 is 0 Å². The first-order chi connectivity index (χ1) is 10.2. The third-order valence-electron chi connectivity index (χ3n) is 4.59. The summed E-state index contributed by atoms with van der Waals surface area (Å²) in [4.78, 5) is 14.6. The Morgan fingerprint density at radius 3 is 2.43 bits per heavy atom. The van der Waals surface area contributed by atoms with Crippen molar-refractivity contribution in [1.29, 1.82) is 0 Å². The van der Waals surface area contributed by atoms with Crippen LogP contribution in [0.4, 0.5) is 0 Å². The third kappa shape index (κ3) is 3.05. The lowest BCUT2D eigenvalue weighted by molar-refractivity contribution is -0.136. The van der Waals surface area contributed by atoms with Crippen molar-refractivity contribution in [2.24, 2.45) is 0 Å². The lowest BCUT2D eigenvalue weighted by Gasteiger charge is -2.37. The second kappa shape index (κ2) is 6.06. The maximum atomic E-state index is 12.6. The average Bonchev–Trinajstić information content (AvgIpc) is 2.74. The summed E-state index contributed by atoms with van der Waals surface area (Å²) in [6, 6.07) is 8.25. The van der Waals surface area contributed by atoms with Gasteiger partial charge in [-0.2, -0.15) is 0 Å². The number of piperidine rings is 1. The quantitative estimate of drug-likeness (QED) is 0.924. The van der Waals surface area contributed by atoms with E-state index in [0.717, 1.165) is 37.0 Å². The zero-order valence-electron chi connectivity index (χ0n) is 12.5. The fourth-order valence-electron chi connectivity index (χ4n) is 3.69. The second-order valence-electron chi connectivity index (χ2n) is 6.06. The highest BCUT2D eigenvalue weighted by Crippen LogP contribution is 2.36. The first kappa shape index (κ1) is 14.4. The zero-order valence-corrected chi connectivity index (χ0v) is 12.5. The topological polar surface area (TPSA) is 49.8 Å². The first-order valence-electron chi connectivity index (χ1n) is 7.88. The van der Waals surface area contributed by atoms with Crippen molar-refractivity contribution in [3.8, 4) is 5.75 Å². The van der Waals surface area contributed by atoms with E-state index in [1.54, 1.807) is 0 Å². The summed E-state index contributed by atoms with van der Waals surface area (Å²) in [5.41, 5.74) is 1.02. The van der Waals surface area contributed by atoms with Gasteiger partial charge in [0.15, 0.2) is 0 Å². The van der Waals surface area contributed by atoms with E-state index in [1.807, 2.05) is 36.1 Å². The summed E-state index contributed by atoms with van der Waals surface area (Å²) >= 11 is 0. The van der Waals surface area contributed by atoms with E-state index < -0.39 is 0 Å². The van der Waals surface area contributed by atoms with Gasteiger partial charge in [0.2, 0.25) is 5.91 Å². The van der Waals surface area contributed by atoms with E-state index in [1.165, 1.54) is 0 Å². The van der Waals surface area contributed by atoms with Gasteiger partial charge in [0.1, 0.15) is 5.75 Å². The van der Waals surface area contributed by atoms with E-state index in [0.29, 0.717) is 13.0 Å². The molecule has 2 fully saturated rings. The molecule has 4 heteroatoms. The molecule has 2 bridgehead atoms. The highest BCUT2D eigenvalue weighted by Gasteiger charge is 2.42. The molecule has 114 valence electrons. The van der Waals surface area contributed by atoms with Crippen molar-refractivity contribution in [3.05, 3.63) is 29.8 Å². The van der Waals surface area contributed by atoms with E-state index >= 15 is 0 Å². The summed E-state index contributed by atoms with van der Waals surface area (Å²) in [7, 11) is 0. The molecular formula is C17H23NO3. The number of benzene rings is 1. The predicted molar refractivity (Wildman–Crippen MR) is 80.2 cm³/mol. The summed E-state index contributed by atoms with van der Waals surface area (Å²) in [5.74, 6) is 1.04. The molecule has 2 aliphatic rings. The predicted octanol–water partition coefficient (Wildman–Crippen LogP) is 2.14. The van der Waals surface area contributed by atoms with Crippen LogP contribution in [0.25, 0.3) is 0 Å². The van der Waals surface area contributed by atoms with Gasteiger partial charge in [0, 0.05) is 12.1 Å². The van der Waals surface area contributed by atoms with Crippen LogP contribution in [0.1, 0.15) is 38.2 Å². The number of hydrogen-bond donors (Lipinski definition) is 1. The van der Waals surface area contributed by atoms with Gasteiger partial charge in [-0.25, -0.2) is 0 Å². The Labute approximate surface area is 125 Å². The number of amides is 1. The summed E-state index contributed by atoms with van der Waals surface area (Å²) in [6.07, 6.45) is 3.78. The van der Waals surface area contributed by atoms with Crippen molar-refractivity contribution < 1.29 is 14.6 Å². The summed E-state index contributed by atoms with van der Waals surface area (Å²) in [6.45, 7) is 2.61. The molecule has 2 aliphatic heterocycles. The Hall–Kier alpha value is -1.55. The highest BCUT2D eigenvalue weighted by atomic mass is 16.5. The molecule has 21 heavy (non-hydrogen) atoms. The van der Waals surface area contributed by atoms with Gasteiger partial charge < -0.3 is 14.7 Å². The van der Waals surface area contributed by atoms with Crippen LogP contribution in [0, 0.1) is 0 Å². The molecule has 1 aromatic rings. The van der Waals surface area contributed by atoms with Gasteiger partial charge in [-0.3, -0.25) is 4.79 Å². The molecule has 4 nitrogen and oxygen atoms in total. The second-order valence-corrected chi connectivity index (χ2v) is 6.06. The van der Waals surface area contributed by atoms with Crippen LogP contribution in [0.2, 0.25) is 0 Å². The lowest BCUT2D eigenvalue weighted by Crippen LogP contribution is -2.48. The molecule has 0 aromatic heterocycles. The maximum absolute atomic E-state index is 12.6. The minimum atomic E-state index is -0.225. The number of aliphatic hydroxyl groups excluding tert-OH is 1. The number of ether oxygens (including phenoxy) is 1. The number of hydrogen-bond acceptors (Lipinski definition) is 3. The number of carbonyl (C=O) groups is 1. The van der Waals surface area contributed by atoms with Gasteiger partial charge in [-0.1, -0.05) is 12.1 Å². The van der Waals surface area contributed by atoms with Crippen molar-refractivity contribution >= 4 is 5.91 Å². The molecule has 1 N–H and O–H groups in total. The molecular weight excluding hydrogens is 266 g/mol. The van der Waals surface area contributed by atoms with Gasteiger partial charge >= 0.3 is 0 Å². The standard InChI is InChI=1S/C17H23NO3/c1-2-21-16-7-3-12(4-8-16)9-17(20)18-13-5-6-14(18)11-15(19)10-13/h3-4,7-8,13-15,19H,2,5-6,9-11H2,1H3. The Kier molecular flexibility index (Phi) is 4.15. The van der Waals surface area contributed by atoms with E-state index in [-0.39, 0.29) is 24.1 Å². The van der Waals surface area contributed by atoms with Crippen LogP contribution < -0.4 is 4.74 Å². The van der Waals surface area contributed by atoms with Crippen LogP contribution in [0.15, 0.2) is 24.3 Å². The highest BCUT2D eigenvalue weighted by molar-refractivity contribution is 5.80. The van der Waals surface area contributed by atoms with Crippen molar-refractivity contribution in [2.45, 2.75) is 57.2 Å². The Bertz CT molecular complexity index is 485. The molecule has 3 rings (SSSR count). The molecule has 2 saturated heterocycles. The Morgan fingerprint density at radius 1 is 1.24 bits per heavy atom. The van der Waals surface area contributed by atoms with Gasteiger partial charge in [0.25, 0.3) is 0 Å². The number of aliphatic hydroxyl groups is 1. The van der Waals surface area contributed by atoms with Gasteiger partial charge in [0.05, 0.1) is 19.1 Å². The lowest BCUT2D eigenvalue weighted by atomic mass is 9.99. The molecule has 1 amide bonds. The molecule has 0 spiro atoms. The average molecular weight is 289 g/mol. The van der Waals surface area contributed by atoms with Gasteiger partial charge in [-0.05, 0) is 50.3 Å². The Balaban J connectivity index is 1.64. The minimum Gasteiger partial charge on any atom is -0.494 e. The SMILES string of the molecule is CCOc1ccc(CC(=O)N2C3CCC2CC(O)C3)cc1. The molecule has 0 aliphatic carbocycles. The number of nitrogens with zero attached hydrogens (tertiary/aromatic N) is 1. The summed E-state index contributed by atoms with van der Waals surface area (Å²) in [5, 5.41) is 9.81. The van der Waals surface area contributed by atoms with Crippen LogP contribution in [0.3, 0.4) is 0 Å². The maximum Gasteiger partial charge on any atom is 0.227 e. The normalized spacial score (nSPS) is 27.7. The number of carbonyl (C=O) groups excluding carboxylic acids is 1. The Morgan fingerprint density at radius 2 is 1.86 bits per heavy atom. The van der Waals surface area contributed by atoms with Crippen molar-refractivity contribution in [2.75, 3.05) is 6.61 Å². The monoisotopic (exact) mass is 289 g/mol. The fourth-order valence-corrected chi connectivity index (χ4v) is 3.69. The zero-order chi connectivity index (χ0) is 14.8. The van der Waals surface area contributed by atoms with Crippen molar-refractivity contribution in [3.63, 3.8) is 0 Å². The molecule has 2 heterocycles. The molecule has 0 saturated carbocycles. The smallest absolute Gasteiger partial charge is 0.227 e. The van der Waals surface area contributed by atoms with Crippen molar-refractivity contribution in [1.82, 2.24) is 4.90 Å². The molecule has 2 atom stereocenters. The minimum absolute atomic E-state index is 0.193. The van der Waals surface area contributed by atoms with Gasteiger partial charge in [-0.15, -0.1) is 0 Å². The van der Waals surface area contributed by atoms with E-state index in [4.69, 9.17) is 4.74 Å². The number of rotatable bonds is 4. The number of fused-ring (bicyclic) bond motifs is 2. The molecule has 1 aromatic carbocycles. The third-order valence-corrected chi connectivity index (χ3v) is 4.59. The molecule has 2 unspecified atom stereocenters. The van der Waals surface area contributed by atoms with E-state index in [2.05, 4.69) is 0 Å². The largest absolute Gasteiger partial charge is 0.494 e. The van der Waals surface area contributed by atoms with E-state index in [9.17, 15) is 9.90 Å². The van der Waals surface area contributed by atoms with Crippen LogP contribution in [0.5, 0.6) is 5.75 Å². The van der Waals surface area contributed by atoms with Crippen LogP contribution in [-0.4, -0.2) is 40.7 Å². The first-order valence-corrected chi connectivity index (χ1v) is 7.88. The summed E-state index contributed by atoms with van der Waals surface area (Å²) < 4.78 is 5.41. The fraction of sp³-hybridized carbons (Fsp3) is 0.588. The van der Waals surface area contributed by atoms with Crippen LogP contribution in [-0.2, 0) is 11.2 Å².